The first-order valence-electron chi connectivity index (χ1n) is 7.71. The van der Waals surface area contributed by atoms with Gasteiger partial charge >= 0.3 is 0 Å². The second-order valence-electron chi connectivity index (χ2n) is 5.53. The van der Waals surface area contributed by atoms with Crippen LogP contribution in [0.1, 0.15) is 40.2 Å². The van der Waals surface area contributed by atoms with Gasteiger partial charge in [0.15, 0.2) is 0 Å². The van der Waals surface area contributed by atoms with Gasteiger partial charge in [-0.25, -0.2) is 0 Å². The maximum Gasteiger partial charge on any atom is 0.251 e. The number of rotatable bonds is 7. The van der Waals surface area contributed by atoms with Crippen molar-refractivity contribution in [1.82, 2.24) is 5.32 Å². The van der Waals surface area contributed by atoms with E-state index in [1.54, 1.807) is 0 Å². The molecule has 0 saturated carbocycles. The summed E-state index contributed by atoms with van der Waals surface area (Å²) < 4.78 is 0. The van der Waals surface area contributed by atoms with Crippen LogP contribution < -0.4 is 5.32 Å². The molecule has 0 bridgehead atoms. The monoisotopic (exact) mass is 297 g/mol. The molecule has 3 heteroatoms. The average molecular weight is 297 g/mol. The standard InChI is InChI=1S/C19H23NO2/c1-15-6-5-9-18(14-15)19(22)20-12-10-17(11-13-21)16-7-3-2-4-8-16/h2-9,14,17,21H,10-13H2,1H3,(H,20,22). The van der Waals surface area contributed by atoms with E-state index in [9.17, 15) is 9.90 Å². The number of nitrogens with one attached hydrogen (secondary N) is 1. The molecular formula is C19H23NO2. The molecule has 0 aliphatic carbocycles. The van der Waals surface area contributed by atoms with E-state index in [2.05, 4.69) is 17.4 Å². The van der Waals surface area contributed by atoms with Crippen molar-refractivity contribution >= 4 is 5.91 Å². The smallest absolute Gasteiger partial charge is 0.251 e. The Bertz CT molecular complexity index is 595. The zero-order valence-electron chi connectivity index (χ0n) is 13.0. The molecule has 0 heterocycles. The number of hydrogen-bond donors (Lipinski definition) is 2. The van der Waals surface area contributed by atoms with E-state index in [0.717, 1.165) is 12.0 Å². The zero-order valence-corrected chi connectivity index (χ0v) is 13.0. The topological polar surface area (TPSA) is 49.3 Å². The van der Waals surface area contributed by atoms with Crippen molar-refractivity contribution in [3.63, 3.8) is 0 Å². The lowest BCUT2D eigenvalue weighted by molar-refractivity contribution is 0.0952. The Hall–Kier alpha value is -2.13. The van der Waals surface area contributed by atoms with E-state index in [1.807, 2.05) is 49.4 Å². The van der Waals surface area contributed by atoms with Crippen molar-refractivity contribution in [3.05, 3.63) is 71.3 Å². The Morgan fingerprint density at radius 3 is 2.55 bits per heavy atom. The molecule has 22 heavy (non-hydrogen) atoms. The predicted octanol–water partition coefficient (Wildman–Crippen LogP) is 3.28. The van der Waals surface area contributed by atoms with Gasteiger partial charge in [-0.3, -0.25) is 4.79 Å². The summed E-state index contributed by atoms with van der Waals surface area (Å²) in [5.41, 5.74) is 2.98. The van der Waals surface area contributed by atoms with E-state index in [0.29, 0.717) is 18.5 Å². The minimum absolute atomic E-state index is 0.0421. The molecule has 2 N–H and O–H groups in total. The van der Waals surface area contributed by atoms with E-state index < -0.39 is 0 Å². The predicted molar refractivity (Wildman–Crippen MR) is 89.0 cm³/mol. The summed E-state index contributed by atoms with van der Waals surface area (Å²) in [7, 11) is 0. The molecule has 2 aromatic carbocycles. The Kier molecular flexibility index (Phi) is 6.16. The summed E-state index contributed by atoms with van der Waals surface area (Å²) in [6.45, 7) is 2.74. The molecule has 116 valence electrons. The third-order valence-corrected chi connectivity index (χ3v) is 3.81. The van der Waals surface area contributed by atoms with Crippen LogP contribution in [-0.2, 0) is 0 Å². The third-order valence-electron chi connectivity index (χ3n) is 3.81. The highest BCUT2D eigenvalue weighted by atomic mass is 16.3. The molecule has 0 radical (unpaired) electrons. The first kappa shape index (κ1) is 16.2. The van der Waals surface area contributed by atoms with Crippen LogP contribution in [0, 0.1) is 6.92 Å². The second kappa shape index (κ2) is 8.35. The fourth-order valence-electron chi connectivity index (χ4n) is 2.61. The van der Waals surface area contributed by atoms with Crippen molar-refractivity contribution in [3.8, 4) is 0 Å². The molecule has 0 aromatic heterocycles. The van der Waals surface area contributed by atoms with Crippen LogP contribution in [0.3, 0.4) is 0 Å². The number of amides is 1. The van der Waals surface area contributed by atoms with Crippen LogP contribution in [0.15, 0.2) is 54.6 Å². The Morgan fingerprint density at radius 1 is 1.09 bits per heavy atom. The van der Waals surface area contributed by atoms with Gasteiger partial charge in [-0.1, -0.05) is 48.0 Å². The average Bonchev–Trinajstić information content (AvgIpc) is 2.55. The number of carbonyl (C=O) groups is 1. The first-order valence-corrected chi connectivity index (χ1v) is 7.71. The van der Waals surface area contributed by atoms with Gasteiger partial charge in [-0.05, 0) is 43.4 Å². The van der Waals surface area contributed by atoms with Crippen LogP contribution in [0.4, 0.5) is 0 Å². The molecule has 0 saturated heterocycles. The van der Waals surface area contributed by atoms with E-state index in [4.69, 9.17) is 0 Å². The molecule has 1 atom stereocenters. The molecule has 1 amide bonds. The highest BCUT2D eigenvalue weighted by Gasteiger charge is 2.12. The lowest BCUT2D eigenvalue weighted by atomic mass is 9.93. The van der Waals surface area contributed by atoms with E-state index in [-0.39, 0.29) is 18.4 Å². The number of benzene rings is 2. The largest absolute Gasteiger partial charge is 0.396 e. The summed E-state index contributed by atoms with van der Waals surface area (Å²) in [5, 5.41) is 12.2. The van der Waals surface area contributed by atoms with Gasteiger partial charge in [0.2, 0.25) is 0 Å². The SMILES string of the molecule is Cc1cccc(C(=O)NCCC(CCO)c2ccccc2)c1. The van der Waals surface area contributed by atoms with Gasteiger partial charge in [0, 0.05) is 18.7 Å². The van der Waals surface area contributed by atoms with Crippen LogP contribution in [0.2, 0.25) is 0 Å². The lowest BCUT2D eigenvalue weighted by Crippen LogP contribution is -2.25. The summed E-state index contributed by atoms with van der Waals surface area (Å²) in [5.74, 6) is 0.225. The van der Waals surface area contributed by atoms with Gasteiger partial charge in [0.25, 0.3) is 5.91 Å². The van der Waals surface area contributed by atoms with Gasteiger partial charge in [-0.2, -0.15) is 0 Å². The summed E-state index contributed by atoms with van der Waals surface area (Å²) >= 11 is 0. The van der Waals surface area contributed by atoms with Crippen molar-refractivity contribution in [2.75, 3.05) is 13.2 Å². The molecule has 0 spiro atoms. The fraction of sp³-hybridized carbons (Fsp3) is 0.316. The fourth-order valence-corrected chi connectivity index (χ4v) is 2.61. The lowest BCUT2D eigenvalue weighted by Gasteiger charge is -2.16. The zero-order chi connectivity index (χ0) is 15.8. The quantitative estimate of drug-likeness (QED) is 0.824. The van der Waals surface area contributed by atoms with Gasteiger partial charge < -0.3 is 10.4 Å². The van der Waals surface area contributed by atoms with E-state index >= 15 is 0 Å². The molecule has 3 nitrogen and oxygen atoms in total. The van der Waals surface area contributed by atoms with E-state index in [1.165, 1.54) is 5.56 Å². The van der Waals surface area contributed by atoms with Gasteiger partial charge in [0.05, 0.1) is 0 Å². The Morgan fingerprint density at radius 2 is 1.86 bits per heavy atom. The molecule has 0 aliphatic rings. The van der Waals surface area contributed by atoms with Crippen LogP contribution in [0.25, 0.3) is 0 Å². The van der Waals surface area contributed by atoms with Crippen molar-refractivity contribution < 1.29 is 9.90 Å². The van der Waals surface area contributed by atoms with Crippen molar-refractivity contribution in [2.45, 2.75) is 25.7 Å². The highest BCUT2D eigenvalue weighted by Crippen LogP contribution is 2.22. The molecule has 1 unspecified atom stereocenters. The number of aliphatic hydroxyl groups excluding tert-OH is 1. The maximum atomic E-state index is 12.1. The van der Waals surface area contributed by atoms with Crippen molar-refractivity contribution in [1.29, 1.82) is 0 Å². The number of carbonyl (C=O) groups excluding carboxylic acids is 1. The van der Waals surface area contributed by atoms with Gasteiger partial charge in [-0.15, -0.1) is 0 Å². The van der Waals surface area contributed by atoms with Crippen LogP contribution >= 0.6 is 0 Å². The number of aryl methyl sites for hydroxylation is 1. The Balaban J connectivity index is 1.89. The van der Waals surface area contributed by atoms with Gasteiger partial charge in [0.1, 0.15) is 0 Å². The minimum atomic E-state index is -0.0421. The molecule has 2 aromatic rings. The summed E-state index contributed by atoms with van der Waals surface area (Å²) in [6, 6.07) is 17.7. The molecular weight excluding hydrogens is 274 g/mol. The Labute approximate surface area is 132 Å². The second-order valence-corrected chi connectivity index (χ2v) is 5.53. The van der Waals surface area contributed by atoms with Crippen LogP contribution in [-0.4, -0.2) is 24.2 Å². The number of aliphatic hydroxyl groups is 1. The first-order chi connectivity index (χ1) is 10.7. The normalized spacial score (nSPS) is 11.9. The third kappa shape index (κ3) is 4.71. The molecule has 0 aliphatic heterocycles. The van der Waals surface area contributed by atoms with Crippen molar-refractivity contribution in [2.24, 2.45) is 0 Å². The highest BCUT2D eigenvalue weighted by molar-refractivity contribution is 5.94. The van der Waals surface area contributed by atoms with Crippen LogP contribution in [0.5, 0.6) is 0 Å². The molecule has 2 rings (SSSR count). The minimum Gasteiger partial charge on any atom is -0.396 e. The maximum absolute atomic E-state index is 12.1. The number of hydrogen-bond acceptors (Lipinski definition) is 2. The summed E-state index contributed by atoms with van der Waals surface area (Å²) in [6.07, 6.45) is 1.53. The summed E-state index contributed by atoms with van der Waals surface area (Å²) in [4.78, 5) is 12.1. The molecule has 0 fully saturated rings.